The average molecular weight is 359 g/mol. The van der Waals surface area contributed by atoms with Crippen LogP contribution >= 0.6 is 11.6 Å². The van der Waals surface area contributed by atoms with E-state index in [-0.39, 0.29) is 23.6 Å². The molecule has 1 aliphatic carbocycles. The number of benzene rings is 2. The van der Waals surface area contributed by atoms with E-state index in [0.717, 1.165) is 37.9 Å². The Kier molecular flexibility index (Phi) is 4.38. The smallest absolute Gasteiger partial charge is 0.228 e. The molecule has 0 aromatic heterocycles. The maximum atomic E-state index is 14.4. The zero-order valence-corrected chi connectivity index (χ0v) is 14.6. The normalized spacial score (nSPS) is 22.1. The SMILES string of the molecule is O=C(Nc1ccc(N2CCCC2)c(F)c1)C1CC1c1ccccc1Cl. The number of carbonyl (C=O) groups is 1. The van der Waals surface area contributed by atoms with Gasteiger partial charge in [0.2, 0.25) is 5.91 Å². The number of nitrogens with zero attached hydrogens (tertiary/aromatic N) is 1. The molecule has 1 N–H and O–H groups in total. The van der Waals surface area contributed by atoms with Crippen LogP contribution in [0.3, 0.4) is 0 Å². The summed E-state index contributed by atoms with van der Waals surface area (Å²) in [5.41, 5.74) is 2.14. The van der Waals surface area contributed by atoms with Crippen LogP contribution in [0.1, 0.15) is 30.7 Å². The minimum absolute atomic E-state index is 0.0711. The molecule has 0 spiro atoms. The molecule has 0 radical (unpaired) electrons. The molecule has 0 bridgehead atoms. The van der Waals surface area contributed by atoms with E-state index >= 15 is 0 Å². The summed E-state index contributed by atoms with van der Waals surface area (Å²) in [7, 11) is 0. The van der Waals surface area contributed by atoms with Crippen LogP contribution in [0.4, 0.5) is 15.8 Å². The molecule has 25 heavy (non-hydrogen) atoms. The second-order valence-electron chi connectivity index (χ2n) is 6.82. The number of anilines is 2. The molecule has 2 unspecified atom stereocenters. The Morgan fingerprint density at radius 2 is 1.92 bits per heavy atom. The van der Waals surface area contributed by atoms with Gasteiger partial charge in [-0.1, -0.05) is 29.8 Å². The van der Waals surface area contributed by atoms with E-state index in [1.807, 2.05) is 24.3 Å². The Labute approximate surface area is 151 Å². The molecular formula is C20H20ClFN2O. The number of hydrogen-bond donors (Lipinski definition) is 1. The van der Waals surface area contributed by atoms with Gasteiger partial charge in [-0.25, -0.2) is 4.39 Å². The maximum absolute atomic E-state index is 14.4. The van der Waals surface area contributed by atoms with E-state index in [1.54, 1.807) is 12.1 Å². The molecule has 2 aliphatic rings. The molecule has 2 aromatic carbocycles. The third-order valence-electron chi connectivity index (χ3n) is 5.09. The Hall–Kier alpha value is -2.07. The second-order valence-corrected chi connectivity index (χ2v) is 7.23. The van der Waals surface area contributed by atoms with Crippen LogP contribution in [0.2, 0.25) is 5.02 Å². The van der Waals surface area contributed by atoms with E-state index in [4.69, 9.17) is 11.6 Å². The number of rotatable bonds is 4. The van der Waals surface area contributed by atoms with Crippen molar-refractivity contribution in [3.63, 3.8) is 0 Å². The highest BCUT2D eigenvalue weighted by Crippen LogP contribution is 2.50. The number of amides is 1. The molecule has 2 atom stereocenters. The largest absolute Gasteiger partial charge is 0.369 e. The van der Waals surface area contributed by atoms with E-state index in [0.29, 0.717) is 16.4 Å². The summed E-state index contributed by atoms with van der Waals surface area (Å²) in [5.74, 6) is -0.292. The van der Waals surface area contributed by atoms with Crippen LogP contribution in [0.5, 0.6) is 0 Å². The molecule has 5 heteroatoms. The first kappa shape index (κ1) is 16.4. The van der Waals surface area contributed by atoms with E-state index < -0.39 is 0 Å². The van der Waals surface area contributed by atoms with Crippen molar-refractivity contribution in [1.29, 1.82) is 0 Å². The third-order valence-corrected chi connectivity index (χ3v) is 5.44. The van der Waals surface area contributed by atoms with Gasteiger partial charge in [-0.2, -0.15) is 0 Å². The molecule has 130 valence electrons. The fraction of sp³-hybridized carbons (Fsp3) is 0.350. The molecule has 1 saturated carbocycles. The van der Waals surface area contributed by atoms with Gasteiger partial charge in [0.05, 0.1) is 5.69 Å². The van der Waals surface area contributed by atoms with Gasteiger partial charge in [0.15, 0.2) is 0 Å². The molecule has 1 amide bonds. The van der Waals surface area contributed by atoms with Gasteiger partial charge in [-0.3, -0.25) is 4.79 Å². The molecule has 3 nitrogen and oxygen atoms in total. The van der Waals surface area contributed by atoms with Crippen LogP contribution in [-0.2, 0) is 4.79 Å². The number of carbonyl (C=O) groups excluding carboxylic acids is 1. The van der Waals surface area contributed by atoms with Gasteiger partial charge in [-0.05, 0) is 55.0 Å². The lowest BCUT2D eigenvalue weighted by molar-refractivity contribution is -0.117. The number of nitrogens with one attached hydrogen (secondary N) is 1. The molecule has 4 rings (SSSR count). The maximum Gasteiger partial charge on any atom is 0.228 e. The lowest BCUT2D eigenvalue weighted by Crippen LogP contribution is -2.19. The molecule has 2 aromatic rings. The van der Waals surface area contributed by atoms with Crippen LogP contribution < -0.4 is 10.2 Å². The second kappa shape index (κ2) is 6.68. The summed E-state index contributed by atoms with van der Waals surface area (Å²) >= 11 is 6.20. The zero-order valence-electron chi connectivity index (χ0n) is 13.8. The fourth-order valence-corrected chi connectivity index (χ4v) is 3.91. The van der Waals surface area contributed by atoms with Crippen molar-refractivity contribution in [1.82, 2.24) is 0 Å². The number of hydrogen-bond acceptors (Lipinski definition) is 2. The summed E-state index contributed by atoms with van der Waals surface area (Å²) < 4.78 is 14.4. The standard InChI is InChI=1S/C20H20ClFN2O/c21-17-6-2-1-5-14(17)15-12-16(15)20(25)23-13-7-8-19(18(22)11-13)24-9-3-4-10-24/h1-2,5-8,11,15-16H,3-4,9-10,12H2,(H,23,25). The van der Waals surface area contributed by atoms with Crippen molar-refractivity contribution in [3.05, 3.63) is 58.9 Å². The molecule has 1 aliphatic heterocycles. The van der Waals surface area contributed by atoms with E-state index in [2.05, 4.69) is 10.2 Å². The van der Waals surface area contributed by atoms with Crippen LogP contribution in [-0.4, -0.2) is 19.0 Å². The van der Waals surface area contributed by atoms with Crippen molar-refractivity contribution < 1.29 is 9.18 Å². The van der Waals surface area contributed by atoms with Crippen LogP contribution in [0.25, 0.3) is 0 Å². The minimum atomic E-state index is -0.279. The summed E-state index contributed by atoms with van der Waals surface area (Å²) in [6, 6.07) is 12.6. The highest BCUT2D eigenvalue weighted by atomic mass is 35.5. The van der Waals surface area contributed by atoms with Gasteiger partial charge < -0.3 is 10.2 Å². The zero-order chi connectivity index (χ0) is 17.4. The first-order chi connectivity index (χ1) is 12.1. The highest BCUT2D eigenvalue weighted by Gasteiger charge is 2.44. The minimum Gasteiger partial charge on any atom is -0.369 e. The highest BCUT2D eigenvalue weighted by molar-refractivity contribution is 6.31. The Bertz CT molecular complexity index is 804. The topological polar surface area (TPSA) is 32.3 Å². The van der Waals surface area contributed by atoms with Crippen LogP contribution in [0, 0.1) is 11.7 Å². The predicted octanol–water partition coefficient (Wildman–Crippen LogP) is 4.82. The van der Waals surface area contributed by atoms with Gasteiger partial charge >= 0.3 is 0 Å². The summed E-state index contributed by atoms with van der Waals surface area (Å²) in [4.78, 5) is 14.5. The van der Waals surface area contributed by atoms with E-state index in [1.165, 1.54) is 6.07 Å². The van der Waals surface area contributed by atoms with Crippen molar-refractivity contribution in [3.8, 4) is 0 Å². The first-order valence-electron chi connectivity index (χ1n) is 8.73. The van der Waals surface area contributed by atoms with Crippen LogP contribution in [0.15, 0.2) is 42.5 Å². The van der Waals surface area contributed by atoms with Crippen molar-refractivity contribution in [2.45, 2.75) is 25.2 Å². The number of halogens is 2. The molecule has 1 heterocycles. The quantitative estimate of drug-likeness (QED) is 0.849. The average Bonchev–Trinajstić information content (AvgIpc) is 3.21. The Morgan fingerprint density at radius 1 is 1.16 bits per heavy atom. The molecule has 2 fully saturated rings. The lowest BCUT2D eigenvalue weighted by Gasteiger charge is -2.18. The summed E-state index contributed by atoms with van der Waals surface area (Å²) in [5, 5.41) is 3.54. The monoisotopic (exact) mass is 358 g/mol. The van der Waals surface area contributed by atoms with Gasteiger partial charge in [0, 0.05) is 29.7 Å². The van der Waals surface area contributed by atoms with Gasteiger partial charge in [0.1, 0.15) is 5.82 Å². The van der Waals surface area contributed by atoms with Crippen molar-refractivity contribution >= 4 is 28.9 Å². The Balaban J connectivity index is 1.42. The van der Waals surface area contributed by atoms with Crippen molar-refractivity contribution in [2.24, 2.45) is 5.92 Å². The van der Waals surface area contributed by atoms with E-state index in [9.17, 15) is 9.18 Å². The summed E-state index contributed by atoms with van der Waals surface area (Å²) in [6.07, 6.45) is 2.98. The third kappa shape index (κ3) is 3.36. The fourth-order valence-electron chi connectivity index (χ4n) is 3.64. The Morgan fingerprint density at radius 3 is 2.64 bits per heavy atom. The summed E-state index contributed by atoms with van der Waals surface area (Å²) in [6.45, 7) is 1.79. The molecule has 1 saturated heterocycles. The lowest BCUT2D eigenvalue weighted by atomic mass is 10.1. The van der Waals surface area contributed by atoms with Crippen molar-refractivity contribution in [2.75, 3.05) is 23.3 Å². The van der Waals surface area contributed by atoms with Gasteiger partial charge in [-0.15, -0.1) is 0 Å². The predicted molar refractivity (Wildman–Crippen MR) is 98.8 cm³/mol. The molecular weight excluding hydrogens is 339 g/mol. The first-order valence-corrected chi connectivity index (χ1v) is 9.11. The van der Waals surface area contributed by atoms with Gasteiger partial charge in [0.25, 0.3) is 0 Å².